The van der Waals surface area contributed by atoms with Crippen molar-refractivity contribution in [1.82, 2.24) is 9.96 Å². The fourth-order valence-electron chi connectivity index (χ4n) is 3.52. The number of hydrogen-bond donors (Lipinski definition) is 0. The number of halogens is 1. The van der Waals surface area contributed by atoms with Crippen molar-refractivity contribution in [2.45, 2.75) is 12.8 Å². The van der Waals surface area contributed by atoms with Crippen LogP contribution in [0.5, 0.6) is 0 Å². The van der Waals surface area contributed by atoms with Crippen molar-refractivity contribution in [1.29, 1.82) is 0 Å². The lowest BCUT2D eigenvalue weighted by atomic mass is 10.0. The molecule has 25 heavy (non-hydrogen) atoms. The van der Waals surface area contributed by atoms with Crippen molar-refractivity contribution in [2.24, 2.45) is 16.1 Å². The molecule has 7 heteroatoms. The lowest BCUT2D eigenvalue weighted by Gasteiger charge is -2.38. The number of hydroxylamine groups is 2. The van der Waals surface area contributed by atoms with Gasteiger partial charge in [0.1, 0.15) is 18.2 Å². The van der Waals surface area contributed by atoms with Gasteiger partial charge in [0, 0.05) is 17.3 Å². The molecule has 0 radical (unpaired) electrons. The first kappa shape index (κ1) is 15.0. The Morgan fingerprint density at radius 3 is 2.84 bits per heavy atom. The van der Waals surface area contributed by atoms with Gasteiger partial charge in [0.05, 0.1) is 13.3 Å². The minimum atomic E-state index is 0.591. The Balaban J connectivity index is 1.61. The molecule has 0 atom stereocenters. The second-order valence-electron chi connectivity index (χ2n) is 6.62. The number of benzene rings is 1. The molecular formula is C18H18ClN5O. The molecule has 0 saturated heterocycles. The van der Waals surface area contributed by atoms with E-state index in [2.05, 4.69) is 32.2 Å². The average molecular weight is 356 g/mol. The SMILES string of the molecule is CON1C=C2N=NC3=C(N2C1)N(c1cccc(Cl)c1)CC(C1CC1)=C3. The molecule has 0 bridgehead atoms. The molecule has 6 nitrogen and oxygen atoms in total. The maximum atomic E-state index is 6.25. The minimum absolute atomic E-state index is 0.591. The third kappa shape index (κ3) is 2.53. The van der Waals surface area contributed by atoms with Gasteiger partial charge in [0.15, 0.2) is 5.82 Å². The number of allylic oxidation sites excluding steroid dienone is 1. The first-order chi connectivity index (χ1) is 12.2. The zero-order chi connectivity index (χ0) is 17.0. The van der Waals surface area contributed by atoms with Crippen molar-refractivity contribution in [3.05, 3.63) is 64.5 Å². The van der Waals surface area contributed by atoms with Crippen molar-refractivity contribution >= 4 is 17.3 Å². The largest absolute Gasteiger partial charge is 0.322 e. The Morgan fingerprint density at radius 1 is 1.20 bits per heavy atom. The monoisotopic (exact) mass is 355 g/mol. The van der Waals surface area contributed by atoms with Gasteiger partial charge in [-0.3, -0.25) is 9.74 Å². The molecule has 0 unspecified atom stereocenters. The van der Waals surface area contributed by atoms with Crippen molar-refractivity contribution in [2.75, 3.05) is 25.2 Å². The van der Waals surface area contributed by atoms with Gasteiger partial charge < -0.3 is 4.90 Å². The number of azo groups is 1. The molecule has 4 aliphatic rings. The molecule has 0 spiro atoms. The summed E-state index contributed by atoms with van der Waals surface area (Å²) in [5.41, 5.74) is 3.40. The van der Waals surface area contributed by atoms with Crippen LogP contribution >= 0.6 is 11.6 Å². The maximum absolute atomic E-state index is 6.25. The predicted octanol–water partition coefficient (Wildman–Crippen LogP) is 4.07. The summed E-state index contributed by atoms with van der Waals surface area (Å²) in [7, 11) is 1.66. The van der Waals surface area contributed by atoms with Crippen LogP contribution in [0.15, 0.2) is 69.7 Å². The van der Waals surface area contributed by atoms with Gasteiger partial charge in [-0.25, -0.2) is 5.06 Å². The molecule has 0 aromatic heterocycles. The van der Waals surface area contributed by atoms with Crippen LogP contribution in [-0.2, 0) is 4.84 Å². The van der Waals surface area contributed by atoms with Gasteiger partial charge in [-0.2, -0.15) is 0 Å². The zero-order valence-corrected chi connectivity index (χ0v) is 14.6. The molecule has 0 amide bonds. The van der Waals surface area contributed by atoms with Crippen LogP contribution in [0.2, 0.25) is 5.02 Å². The molecule has 1 aromatic carbocycles. The Morgan fingerprint density at radius 2 is 2.08 bits per heavy atom. The highest BCUT2D eigenvalue weighted by Gasteiger charge is 2.38. The molecule has 3 heterocycles. The van der Waals surface area contributed by atoms with E-state index in [-0.39, 0.29) is 0 Å². The lowest BCUT2D eigenvalue weighted by Crippen LogP contribution is -2.40. The van der Waals surface area contributed by atoms with Crippen LogP contribution < -0.4 is 4.90 Å². The summed E-state index contributed by atoms with van der Waals surface area (Å²) in [6, 6.07) is 7.98. The normalized spacial score (nSPS) is 22.1. The smallest absolute Gasteiger partial charge is 0.177 e. The summed E-state index contributed by atoms with van der Waals surface area (Å²) < 4.78 is 0. The third-order valence-electron chi connectivity index (χ3n) is 4.94. The van der Waals surface area contributed by atoms with E-state index in [0.717, 1.165) is 34.6 Å². The highest BCUT2D eigenvalue weighted by atomic mass is 35.5. The highest BCUT2D eigenvalue weighted by molar-refractivity contribution is 6.30. The minimum Gasteiger partial charge on any atom is -0.322 e. The number of hydrogen-bond acceptors (Lipinski definition) is 6. The van der Waals surface area contributed by atoms with Crippen molar-refractivity contribution < 1.29 is 4.84 Å². The zero-order valence-electron chi connectivity index (χ0n) is 13.9. The van der Waals surface area contributed by atoms with Crippen molar-refractivity contribution in [3.8, 4) is 0 Å². The van der Waals surface area contributed by atoms with Crippen LogP contribution in [0, 0.1) is 5.92 Å². The number of nitrogens with zero attached hydrogens (tertiary/aromatic N) is 5. The standard InChI is InChI=1S/C18H18ClN5O/c1-25-22-10-17-21-20-16-7-13(12-5-6-12)9-23(18(16)24(17)11-22)15-4-2-3-14(19)8-15/h2-4,7-8,10,12H,5-6,9,11H2,1H3. The van der Waals surface area contributed by atoms with Gasteiger partial charge in [0.2, 0.25) is 0 Å². The number of rotatable bonds is 3. The number of fused-ring (bicyclic) bond motifs is 2. The summed E-state index contributed by atoms with van der Waals surface area (Å²) >= 11 is 6.25. The van der Waals surface area contributed by atoms with E-state index in [9.17, 15) is 0 Å². The molecule has 5 rings (SSSR count). The van der Waals surface area contributed by atoms with E-state index < -0.39 is 0 Å². The Kier molecular flexibility index (Phi) is 3.36. The molecule has 128 valence electrons. The second-order valence-corrected chi connectivity index (χ2v) is 7.06. The quantitative estimate of drug-likeness (QED) is 0.819. The van der Waals surface area contributed by atoms with E-state index in [1.54, 1.807) is 12.2 Å². The summed E-state index contributed by atoms with van der Waals surface area (Å²) in [6.07, 6.45) is 6.61. The summed E-state index contributed by atoms with van der Waals surface area (Å²) in [6.45, 7) is 1.45. The molecule has 1 saturated carbocycles. The average Bonchev–Trinajstić information content (AvgIpc) is 3.39. The van der Waals surface area contributed by atoms with Crippen LogP contribution in [-0.4, -0.2) is 30.3 Å². The first-order valence-corrected chi connectivity index (χ1v) is 8.80. The Labute approximate surface area is 151 Å². The van der Waals surface area contributed by atoms with E-state index >= 15 is 0 Å². The Hall–Kier alpha value is -2.31. The van der Waals surface area contributed by atoms with E-state index in [1.165, 1.54) is 18.4 Å². The fourth-order valence-corrected chi connectivity index (χ4v) is 3.70. The van der Waals surface area contributed by atoms with E-state index in [4.69, 9.17) is 16.4 Å². The molecule has 3 aliphatic heterocycles. The van der Waals surface area contributed by atoms with Crippen LogP contribution in [0.25, 0.3) is 0 Å². The summed E-state index contributed by atoms with van der Waals surface area (Å²) in [5.74, 6) is 2.50. The molecule has 0 N–H and O–H groups in total. The second kappa shape index (κ2) is 5.61. The molecule has 1 aromatic rings. The van der Waals surface area contributed by atoms with Gasteiger partial charge >= 0.3 is 0 Å². The molecule has 1 aliphatic carbocycles. The van der Waals surface area contributed by atoms with Gasteiger partial charge in [-0.15, -0.1) is 10.2 Å². The van der Waals surface area contributed by atoms with Gasteiger partial charge in [0.25, 0.3) is 0 Å². The van der Waals surface area contributed by atoms with Crippen LogP contribution in [0.4, 0.5) is 5.69 Å². The number of anilines is 1. The summed E-state index contributed by atoms with van der Waals surface area (Å²) in [5, 5.41) is 11.3. The highest BCUT2D eigenvalue weighted by Crippen LogP contribution is 2.44. The maximum Gasteiger partial charge on any atom is 0.177 e. The third-order valence-corrected chi connectivity index (χ3v) is 5.17. The fraction of sp³-hybridized carbons (Fsp3) is 0.333. The first-order valence-electron chi connectivity index (χ1n) is 8.42. The topological polar surface area (TPSA) is 43.7 Å². The van der Waals surface area contributed by atoms with Gasteiger partial charge in [-0.1, -0.05) is 17.7 Å². The summed E-state index contributed by atoms with van der Waals surface area (Å²) in [4.78, 5) is 9.77. The molecular weight excluding hydrogens is 338 g/mol. The molecule has 1 fully saturated rings. The van der Waals surface area contributed by atoms with Gasteiger partial charge in [-0.05, 0) is 48.6 Å². The Bertz CT molecular complexity index is 855. The van der Waals surface area contributed by atoms with E-state index in [0.29, 0.717) is 12.6 Å². The van der Waals surface area contributed by atoms with Crippen molar-refractivity contribution in [3.63, 3.8) is 0 Å². The predicted molar refractivity (Wildman–Crippen MR) is 95.1 cm³/mol. The van der Waals surface area contributed by atoms with Crippen LogP contribution in [0.3, 0.4) is 0 Å². The lowest BCUT2D eigenvalue weighted by molar-refractivity contribution is -0.0952. The van der Waals surface area contributed by atoms with E-state index in [1.807, 2.05) is 24.4 Å². The van der Waals surface area contributed by atoms with Crippen LogP contribution in [0.1, 0.15) is 12.8 Å².